The van der Waals surface area contributed by atoms with Gasteiger partial charge < -0.3 is 10.2 Å². The van der Waals surface area contributed by atoms with Crippen LogP contribution in [0.5, 0.6) is 0 Å². The Morgan fingerprint density at radius 1 is 1.50 bits per heavy atom. The number of H-pyrrole nitrogens is 1. The maximum absolute atomic E-state index is 11.4. The zero-order chi connectivity index (χ0) is 9.19. The smallest absolute Gasteiger partial charge is 0.198 e. The molecular weight excluding hydrogens is 152 g/mol. The predicted molar refractivity (Wildman–Crippen MR) is 49.3 cm³/mol. The van der Waals surface area contributed by atoms with Gasteiger partial charge in [-0.2, -0.15) is 0 Å². The fourth-order valence-electron chi connectivity index (χ4n) is 0.745. The molecule has 0 atom stereocenters. The molecule has 0 saturated heterocycles. The highest BCUT2D eigenvalue weighted by Crippen LogP contribution is 2.05. The Balaban J connectivity index is 2.84. The number of hydrogen-bond donors (Lipinski definition) is 1. The third-order valence-corrected chi connectivity index (χ3v) is 1.54. The third kappa shape index (κ3) is 2.12. The monoisotopic (exact) mass is 166 g/mol. The van der Waals surface area contributed by atoms with Gasteiger partial charge in [0.05, 0.1) is 0 Å². The maximum atomic E-state index is 11.4. The number of nitrogens with zero attached hydrogens (tertiary/aromatic N) is 1. The van der Waals surface area contributed by atoms with Crippen LogP contribution in [0.15, 0.2) is 18.3 Å². The highest BCUT2D eigenvalue weighted by Gasteiger charge is 2.17. The van der Waals surface area contributed by atoms with E-state index in [1.807, 2.05) is 32.9 Å². The van der Waals surface area contributed by atoms with Gasteiger partial charge in [-0.1, -0.05) is 0 Å². The van der Waals surface area contributed by atoms with E-state index in [1.54, 1.807) is 12.4 Å². The lowest BCUT2D eigenvalue weighted by atomic mass is 10.1. The zero-order valence-electron chi connectivity index (χ0n) is 7.66. The Kier molecular flexibility index (Phi) is 2.22. The van der Waals surface area contributed by atoms with Gasteiger partial charge in [0.15, 0.2) is 11.8 Å². The number of hydroxylamine groups is 1. The van der Waals surface area contributed by atoms with Gasteiger partial charge in [-0.25, -0.2) is 4.74 Å². The number of aromatic nitrogens is 1. The maximum Gasteiger partial charge on any atom is 0.198 e. The lowest BCUT2D eigenvalue weighted by Crippen LogP contribution is -2.29. The molecule has 0 radical (unpaired) electrons. The molecule has 0 saturated carbocycles. The molecule has 1 N–H and O–H groups in total. The topological polar surface area (TPSA) is 41.9 Å². The lowest BCUT2D eigenvalue weighted by molar-refractivity contribution is -0.530. The molecule has 1 aromatic rings. The van der Waals surface area contributed by atoms with Crippen LogP contribution in [0.25, 0.3) is 0 Å². The summed E-state index contributed by atoms with van der Waals surface area (Å²) in [4.78, 5) is 2.94. The van der Waals surface area contributed by atoms with Crippen LogP contribution in [-0.2, 0) is 0 Å². The fraction of sp³-hybridized carbons (Fsp3) is 0.444. The average Bonchev–Trinajstić information content (AvgIpc) is 2.37. The van der Waals surface area contributed by atoms with Gasteiger partial charge in [0.25, 0.3) is 0 Å². The minimum Gasteiger partial charge on any atom is -0.623 e. The van der Waals surface area contributed by atoms with E-state index in [-0.39, 0.29) is 5.54 Å². The van der Waals surface area contributed by atoms with Crippen molar-refractivity contribution in [3.8, 4) is 0 Å². The first-order valence-electron chi connectivity index (χ1n) is 3.95. The number of aromatic amines is 1. The average molecular weight is 166 g/mol. The zero-order valence-corrected chi connectivity index (χ0v) is 7.66. The molecule has 0 unspecified atom stereocenters. The van der Waals surface area contributed by atoms with Gasteiger partial charge in [0.1, 0.15) is 5.69 Å². The molecule has 1 heterocycles. The Morgan fingerprint density at radius 3 is 2.58 bits per heavy atom. The molecule has 1 rings (SSSR count). The molecular formula is C9H14N2O. The summed E-state index contributed by atoms with van der Waals surface area (Å²) in [5.74, 6) is 0. The predicted octanol–water partition coefficient (Wildman–Crippen LogP) is 1.74. The first kappa shape index (κ1) is 8.84. The SMILES string of the molecule is CC(C)(C)[N+]([O-])=Cc1ccc[nH]1. The standard InChI is InChI=1S/C9H14N2O/c1-9(2,3)11(12)7-8-5-4-6-10-8/h4-7,10H,1-3H3. The Labute approximate surface area is 72.3 Å². The van der Waals surface area contributed by atoms with Crippen LogP contribution in [0.3, 0.4) is 0 Å². The highest BCUT2D eigenvalue weighted by molar-refractivity contribution is 5.72. The minimum absolute atomic E-state index is 0.370. The molecule has 0 aliphatic rings. The molecule has 0 amide bonds. The molecule has 0 bridgehead atoms. The molecule has 3 nitrogen and oxygen atoms in total. The Morgan fingerprint density at radius 2 is 2.17 bits per heavy atom. The number of nitrogens with one attached hydrogen (secondary N) is 1. The highest BCUT2D eigenvalue weighted by atomic mass is 16.5. The molecule has 0 aliphatic heterocycles. The van der Waals surface area contributed by atoms with Crippen molar-refractivity contribution < 1.29 is 4.74 Å². The van der Waals surface area contributed by atoms with E-state index >= 15 is 0 Å². The van der Waals surface area contributed by atoms with Crippen LogP contribution in [0.4, 0.5) is 0 Å². The summed E-state index contributed by atoms with van der Waals surface area (Å²) in [6.45, 7) is 5.62. The van der Waals surface area contributed by atoms with Crippen molar-refractivity contribution in [3.63, 3.8) is 0 Å². The Hall–Kier alpha value is -1.25. The van der Waals surface area contributed by atoms with E-state index in [9.17, 15) is 5.21 Å². The molecule has 0 spiro atoms. The summed E-state index contributed by atoms with van der Waals surface area (Å²) in [7, 11) is 0. The molecule has 0 fully saturated rings. The summed E-state index contributed by atoms with van der Waals surface area (Å²) in [5.41, 5.74) is 0.463. The van der Waals surface area contributed by atoms with Crippen LogP contribution in [0.2, 0.25) is 0 Å². The summed E-state index contributed by atoms with van der Waals surface area (Å²) in [6, 6.07) is 3.72. The fourth-order valence-corrected chi connectivity index (χ4v) is 0.745. The lowest BCUT2D eigenvalue weighted by Gasteiger charge is -2.18. The summed E-state index contributed by atoms with van der Waals surface area (Å²) < 4.78 is 0.943. The molecule has 3 heteroatoms. The van der Waals surface area contributed by atoms with Crippen molar-refractivity contribution in [2.45, 2.75) is 26.3 Å². The van der Waals surface area contributed by atoms with Crippen LogP contribution in [0.1, 0.15) is 26.5 Å². The van der Waals surface area contributed by atoms with E-state index in [1.165, 1.54) is 0 Å². The van der Waals surface area contributed by atoms with E-state index in [2.05, 4.69) is 4.98 Å². The third-order valence-electron chi connectivity index (χ3n) is 1.54. The van der Waals surface area contributed by atoms with Crippen LogP contribution < -0.4 is 0 Å². The second-order valence-electron chi connectivity index (χ2n) is 3.75. The molecule has 66 valence electrons. The van der Waals surface area contributed by atoms with Crippen LogP contribution >= 0.6 is 0 Å². The second-order valence-corrected chi connectivity index (χ2v) is 3.75. The van der Waals surface area contributed by atoms with Gasteiger partial charge in [-0.15, -0.1) is 0 Å². The van der Waals surface area contributed by atoms with Gasteiger partial charge in [0, 0.05) is 27.0 Å². The van der Waals surface area contributed by atoms with Crippen molar-refractivity contribution >= 4 is 6.21 Å². The van der Waals surface area contributed by atoms with Crippen LogP contribution in [0, 0.1) is 5.21 Å². The largest absolute Gasteiger partial charge is 0.623 e. The second kappa shape index (κ2) is 3.01. The van der Waals surface area contributed by atoms with Crippen molar-refractivity contribution in [3.05, 3.63) is 29.2 Å². The van der Waals surface area contributed by atoms with E-state index in [4.69, 9.17) is 0 Å². The van der Waals surface area contributed by atoms with Gasteiger partial charge in [-0.3, -0.25) is 0 Å². The van der Waals surface area contributed by atoms with Crippen molar-refractivity contribution in [1.82, 2.24) is 4.98 Å². The van der Waals surface area contributed by atoms with Crippen LogP contribution in [-0.4, -0.2) is 21.5 Å². The Bertz CT molecular complexity index is 267. The first-order chi connectivity index (χ1) is 5.50. The van der Waals surface area contributed by atoms with Gasteiger partial charge >= 0.3 is 0 Å². The van der Waals surface area contributed by atoms with Crippen molar-refractivity contribution in [2.24, 2.45) is 0 Å². The molecule has 0 aliphatic carbocycles. The molecule has 1 aromatic heterocycles. The number of rotatable bonds is 1. The van der Waals surface area contributed by atoms with E-state index < -0.39 is 0 Å². The van der Waals surface area contributed by atoms with E-state index in [0.717, 1.165) is 10.4 Å². The normalized spacial score (nSPS) is 13.4. The van der Waals surface area contributed by atoms with E-state index in [0.29, 0.717) is 0 Å². The summed E-state index contributed by atoms with van der Waals surface area (Å²) in [5, 5.41) is 11.4. The first-order valence-corrected chi connectivity index (χ1v) is 3.95. The van der Waals surface area contributed by atoms with Gasteiger partial charge in [0.2, 0.25) is 0 Å². The number of hydrogen-bond acceptors (Lipinski definition) is 1. The quantitative estimate of drug-likeness (QED) is 0.293. The molecule has 12 heavy (non-hydrogen) atoms. The van der Waals surface area contributed by atoms with Gasteiger partial charge in [-0.05, 0) is 12.1 Å². The summed E-state index contributed by atoms with van der Waals surface area (Å²) >= 11 is 0. The molecule has 0 aromatic carbocycles. The minimum atomic E-state index is -0.370. The van der Waals surface area contributed by atoms with Crippen molar-refractivity contribution in [2.75, 3.05) is 0 Å². The van der Waals surface area contributed by atoms with Crippen molar-refractivity contribution in [1.29, 1.82) is 0 Å². The summed E-state index contributed by atoms with van der Waals surface area (Å²) in [6.07, 6.45) is 3.35.